The van der Waals surface area contributed by atoms with Gasteiger partial charge in [-0.25, -0.2) is 0 Å². The molecule has 0 saturated heterocycles. The summed E-state index contributed by atoms with van der Waals surface area (Å²) in [7, 11) is 0. The van der Waals surface area contributed by atoms with Gasteiger partial charge < -0.3 is 9.67 Å². The number of aryl methyl sites for hydroxylation is 1. The monoisotopic (exact) mass is 309 g/mol. The van der Waals surface area contributed by atoms with Crippen molar-refractivity contribution < 1.29 is 5.11 Å². The van der Waals surface area contributed by atoms with Crippen LogP contribution in [-0.4, -0.2) is 31.2 Å². The largest absolute Gasteiger partial charge is 0.392 e. The molecule has 0 spiro atoms. The third kappa shape index (κ3) is 3.45. The maximum absolute atomic E-state index is 10.2. The van der Waals surface area contributed by atoms with Crippen LogP contribution in [0.25, 0.3) is 0 Å². The van der Waals surface area contributed by atoms with Gasteiger partial charge in [0.2, 0.25) is 0 Å². The lowest BCUT2D eigenvalue weighted by Gasteiger charge is -2.31. The van der Waals surface area contributed by atoms with Gasteiger partial charge in [0.05, 0.1) is 6.10 Å². The summed E-state index contributed by atoms with van der Waals surface area (Å²) in [5.41, 5.74) is 0. The van der Waals surface area contributed by atoms with Crippen molar-refractivity contribution in [3.63, 3.8) is 0 Å². The van der Waals surface area contributed by atoms with Crippen LogP contribution in [0.5, 0.6) is 0 Å². The van der Waals surface area contributed by atoms with Crippen LogP contribution < -0.4 is 0 Å². The Hall–Kier alpha value is -0.550. The van der Waals surface area contributed by atoms with E-state index in [9.17, 15) is 5.11 Å². The lowest BCUT2D eigenvalue weighted by atomic mass is 9.87. The van der Waals surface area contributed by atoms with Gasteiger partial charge in [-0.05, 0) is 38.5 Å². The lowest BCUT2D eigenvalue weighted by Crippen LogP contribution is -2.27. The van der Waals surface area contributed by atoms with Crippen LogP contribution in [0.3, 0.4) is 0 Å². The van der Waals surface area contributed by atoms with Crippen molar-refractivity contribution in [1.29, 1.82) is 0 Å². The summed E-state index contributed by atoms with van der Waals surface area (Å²) < 4.78 is 2.35. The molecule has 4 atom stereocenters. The molecule has 1 aromatic heterocycles. The molecular weight excluding hydrogens is 282 g/mol. The van der Waals surface area contributed by atoms with Crippen molar-refractivity contribution in [3.8, 4) is 0 Å². The predicted octanol–water partition coefficient (Wildman–Crippen LogP) is 3.73. The van der Waals surface area contributed by atoms with Gasteiger partial charge in [0.25, 0.3) is 0 Å². The van der Waals surface area contributed by atoms with Crippen molar-refractivity contribution in [2.24, 2.45) is 5.92 Å². The van der Waals surface area contributed by atoms with E-state index >= 15 is 0 Å². The molecule has 1 heterocycles. The van der Waals surface area contributed by atoms with E-state index in [1.807, 2.05) is 0 Å². The molecule has 0 bridgehead atoms. The Morgan fingerprint density at radius 3 is 2.67 bits per heavy atom. The molecule has 2 fully saturated rings. The fraction of sp³-hybridized carbons (Fsp3) is 0.875. The van der Waals surface area contributed by atoms with E-state index in [-0.39, 0.29) is 6.10 Å². The Labute approximate surface area is 131 Å². The van der Waals surface area contributed by atoms with Gasteiger partial charge in [0.15, 0.2) is 5.16 Å². The van der Waals surface area contributed by atoms with Crippen molar-refractivity contribution >= 4 is 11.8 Å². The summed E-state index contributed by atoms with van der Waals surface area (Å²) in [5, 5.41) is 20.2. The van der Waals surface area contributed by atoms with E-state index in [4.69, 9.17) is 0 Å². The zero-order chi connectivity index (χ0) is 14.8. The van der Waals surface area contributed by atoms with Gasteiger partial charge in [0.1, 0.15) is 5.82 Å². The summed E-state index contributed by atoms with van der Waals surface area (Å²) in [5.74, 6) is 1.82. The molecule has 118 valence electrons. The topological polar surface area (TPSA) is 50.9 Å². The first-order valence-electron chi connectivity index (χ1n) is 8.41. The smallest absolute Gasteiger partial charge is 0.191 e. The third-order valence-electron chi connectivity index (χ3n) is 5.03. The van der Waals surface area contributed by atoms with Crippen LogP contribution in [0, 0.1) is 12.8 Å². The van der Waals surface area contributed by atoms with Crippen LogP contribution in [0.1, 0.15) is 70.2 Å². The van der Waals surface area contributed by atoms with E-state index in [2.05, 4.69) is 28.6 Å². The van der Waals surface area contributed by atoms with E-state index in [1.54, 1.807) is 11.8 Å². The van der Waals surface area contributed by atoms with Crippen molar-refractivity contribution in [1.82, 2.24) is 14.8 Å². The Kier molecular flexibility index (Phi) is 4.89. The number of aromatic nitrogens is 3. The zero-order valence-electron chi connectivity index (χ0n) is 13.2. The number of hydrogen-bond donors (Lipinski definition) is 1. The van der Waals surface area contributed by atoms with E-state index in [0.717, 1.165) is 36.2 Å². The van der Waals surface area contributed by atoms with Gasteiger partial charge in [-0.2, -0.15) is 0 Å². The molecule has 2 aliphatic carbocycles. The molecule has 0 aliphatic heterocycles. The molecule has 3 rings (SSSR count). The Morgan fingerprint density at radius 1 is 1.10 bits per heavy atom. The van der Waals surface area contributed by atoms with Crippen molar-refractivity contribution in [2.75, 3.05) is 0 Å². The molecular formula is C16H27N3OS. The number of aliphatic hydroxyl groups is 1. The second kappa shape index (κ2) is 6.69. The Bertz CT molecular complexity index is 476. The van der Waals surface area contributed by atoms with Gasteiger partial charge in [-0.15, -0.1) is 10.2 Å². The number of hydrogen-bond acceptors (Lipinski definition) is 4. The maximum atomic E-state index is 10.2. The van der Waals surface area contributed by atoms with Crippen molar-refractivity contribution in [2.45, 2.75) is 87.8 Å². The van der Waals surface area contributed by atoms with Gasteiger partial charge in [-0.3, -0.25) is 0 Å². The highest BCUT2D eigenvalue weighted by Gasteiger charge is 2.29. The third-order valence-corrected chi connectivity index (χ3v) is 6.38. The quantitative estimate of drug-likeness (QED) is 0.924. The second-order valence-corrected chi connectivity index (χ2v) is 8.04. The number of aliphatic hydroxyl groups excluding tert-OH is 1. The average molecular weight is 309 g/mol. The summed E-state index contributed by atoms with van der Waals surface area (Å²) >= 11 is 1.75. The first-order chi connectivity index (χ1) is 10.1. The number of nitrogens with zero attached hydrogens (tertiary/aromatic N) is 3. The highest BCUT2D eigenvalue weighted by atomic mass is 32.2. The summed E-state index contributed by atoms with van der Waals surface area (Å²) in [6.45, 7) is 4.41. The molecule has 1 aromatic rings. The summed E-state index contributed by atoms with van der Waals surface area (Å²) in [6.07, 6.45) is 9.36. The minimum Gasteiger partial charge on any atom is -0.392 e. The van der Waals surface area contributed by atoms with E-state index < -0.39 is 0 Å². The molecule has 2 saturated carbocycles. The van der Waals surface area contributed by atoms with Crippen LogP contribution in [-0.2, 0) is 0 Å². The highest BCUT2D eigenvalue weighted by Crippen LogP contribution is 2.38. The van der Waals surface area contributed by atoms with Crippen LogP contribution in [0.15, 0.2) is 5.16 Å². The Balaban J connectivity index is 1.76. The molecule has 0 amide bonds. The fourth-order valence-corrected chi connectivity index (χ4v) is 5.17. The number of rotatable bonds is 3. The van der Waals surface area contributed by atoms with E-state index in [0.29, 0.717) is 11.3 Å². The molecule has 4 unspecified atom stereocenters. The molecule has 2 aliphatic rings. The lowest BCUT2D eigenvalue weighted by molar-refractivity contribution is 0.136. The van der Waals surface area contributed by atoms with E-state index in [1.165, 1.54) is 32.1 Å². The molecule has 4 nitrogen and oxygen atoms in total. The minimum atomic E-state index is -0.181. The highest BCUT2D eigenvalue weighted by molar-refractivity contribution is 7.99. The SMILES string of the molecule is Cc1nnc(SC2CCCCC2O)n1C1CCCC(C)C1. The summed E-state index contributed by atoms with van der Waals surface area (Å²) in [4.78, 5) is 0. The minimum absolute atomic E-state index is 0.181. The predicted molar refractivity (Wildman–Crippen MR) is 85.5 cm³/mol. The normalized spacial score (nSPS) is 34.0. The van der Waals surface area contributed by atoms with Gasteiger partial charge in [0, 0.05) is 11.3 Å². The van der Waals surface area contributed by atoms with Crippen LogP contribution in [0.4, 0.5) is 0 Å². The van der Waals surface area contributed by atoms with Gasteiger partial charge >= 0.3 is 0 Å². The fourth-order valence-electron chi connectivity index (χ4n) is 3.84. The number of thioether (sulfide) groups is 1. The second-order valence-electron chi connectivity index (χ2n) is 6.83. The Morgan fingerprint density at radius 2 is 1.90 bits per heavy atom. The van der Waals surface area contributed by atoms with Crippen LogP contribution in [0.2, 0.25) is 0 Å². The molecule has 0 radical (unpaired) electrons. The molecule has 5 heteroatoms. The summed E-state index contributed by atoms with van der Waals surface area (Å²) in [6, 6.07) is 0.548. The first kappa shape index (κ1) is 15.3. The zero-order valence-corrected chi connectivity index (χ0v) is 14.0. The average Bonchev–Trinajstić information content (AvgIpc) is 2.82. The molecule has 0 aromatic carbocycles. The van der Waals surface area contributed by atoms with Crippen molar-refractivity contribution in [3.05, 3.63) is 5.82 Å². The molecule has 21 heavy (non-hydrogen) atoms. The first-order valence-corrected chi connectivity index (χ1v) is 9.29. The van der Waals surface area contributed by atoms with Crippen LogP contribution >= 0.6 is 11.8 Å². The maximum Gasteiger partial charge on any atom is 0.191 e. The standard InChI is InChI=1S/C16H27N3OS/c1-11-6-5-7-13(10-11)19-12(2)17-18-16(19)21-15-9-4-3-8-14(15)20/h11,13-15,20H,3-10H2,1-2H3. The molecule has 1 N–H and O–H groups in total. The van der Waals surface area contributed by atoms with Gasteiger partial charge in [-0.1, -0.05) is 44.4 Å².